The van der Waals surface area contributed by atoms with Crippen molar-refractivity contribution in [1.29, 1.82) is 0 Å². The monoisotopic (exact) mass is 792 g/mol. The zero-order chi connectivity index (χ0) is 40.4. The van der Waals surface area contributed by atoms with E-state index in [4.69, 9.17) is 18.9 Å². The van der Waals surface area contributed by atoms with Gasteiger partial charge in [-0.25, -0.2) is 0 Å². The largest absolute Gasteiger partial charge is 0.394 e. The molecule has 0 aliphatic carbocycles. The van der Waals surface area contributed by atoms with Gasteiger partial charge in [0.25, 0.3) is 0 Å². The normalized spacial score (nSPS) is 29.8. The molecule has 14 heteroatoms. The van der Waals surface area contributed by atoms with Gasteiger partial charge in [0.1, 0.15) is 48.8 Å². The van der Waals surface area contributed by atoms with Crippen LogP contribution in [0.25, 0.3) is 0 Å². The number of hydrogen-bond acceptors (Lipinski definition) is 13. The lowest BCUT2D eigenvalue weighted by molar-refractivity contribution is -0.359. The predicted octanol–water partition coefficient (Wildman–Crippen LogP) is 3.26. The van der Waals surface area contributed by atoms with Crippen molar-refractivity contribution >= 4 is 5.91 Å². The SMILES string of the molecule is CCC/C=C\CCCCCCCC(=O)NC(COC1OC(CO)C(OC2OC(CO)C(O)C(O)C2O)C(O)C1O)C(O)CCCCCCCCCCCCC. The predicted molar refractivity (Wildman–Crippen MR) is 208 cm³/mol. The molecule has 12 atom stereocenters. The Balaban J connectivity index is 1.92. The van der Waals surface area contributed by atoms with Crippen LogP contribution in [0.4, 0.5) is 0 Å². The third-order valence-electron chi connectivity index (χ3n) is 10.7. The molecule has 55 heavy (non-hydrogen) atoms. The first-order valence-corrected chi connectivity index (χ1v) is 21.4. The molecule has 2 rings (SSSR count). The van der Waals surface area contributed by atoms with Gasteiger partial charge < -0.3 is 65.1 Å². The number of hydrogen-bond donors (Lipinski definition) is 9. The van der Waals surface area contributed by atoms with Crippen molar-refractivity contribution in [2.24, 2.45) is 0 Å². The zero-order valence-electron chi connectivity index (χ0n) is 33.7. The maximum Gasteiger partial charge on any atom is 0.220 e. The van der Waals surface area contributed by atoms with E-state index in [1.54, 1.807) is 0 Å². The van der Waals surface area contributed by atoms with E-state index < -0.39 is 86.8 Å². The number of nitrogens with one attached hydrogen (secondary N) is 1. The van der Waals surface area contributed by atoms with Crippen LogP contribution in [0.5, 0.6) is 0 Å². The average molecular weight is 792 g/mol. The molecule has 0 aromatic carbocycles. The van der Waals surface area contributed by atoms with E-state index >= 15 is 0 Å². The van der Waals surface area contributed by atoms with Gasteiger partial charge in [0.15, 0.2) is 12.6 Å². The molecular formula is C41H77NO13. The van der Waals surface area contributed by atoms with E-state index in [1.165, 1.54) is 44.9 Å². The molecule has 0 aromatic rings. The Bertz CT molecular complexity index is 988. The van der Waals surface area contributed by atoms with E-state index in [-0.39, 0.29) is 12.5 Å². The summed E-state index contributed by atoms with van der Waals surface area (Å²) in [5, 5.41) is 86.3. The van der Waals surface area contributed by atoms with Crippen molar-refractivity contribution < 1.29 is 64.6 Å². The molecular weight excluding hydrogens is 714 g/mol. The Labute approximate surface area is 329 Å². The molecule has 2 aliphatic rings. The molecule has 0 saturated carbocycles. The smallest absolute Gasteiger partial charge is 0.220 e. The molecule has 2 saturated heterocycles. The van der Waals surface area contributed by atoms with Crippen molar-refractivity contribution in [3.8, 4) is 0 Å². The number of unbranched alkanes of at least 4 members (excludes halogenated alkanes) is 16. The summed E-state index contributed by atoms with van der Waals surface area (Å²) in [6.07, 6.45) is 9.53. The summed E-state index contributed by atoms with van der Waals surface area (Å²) >= 11 is 0. The number of carbonyl (C=O) groups excluding carboxylic acids is 1. The van der Waals surface area contributed by atoms with E-state index in [2.05, 4.69) is 31.3 Å². The summed E-state index contributed by atoms with van der Waals surface area (Å²) in [5.74, 6) is -0.222. The highest BCUT2D eigenvalue weighted by molar-refractivity contribution is 5.76. The molecule has 0 aromatic heterocycles. The second-order valence-electron chi connectivity index (χ2n) is 15.5. The van der Waals surface area contributed by atoms with Crippen LogP contribution in [0.1, 0.15) is 149 Å². The molecule has 0 radical (unpaired) electrons. The molecule has 2 fully saturated rings. The number of aliphatic hydroxyl groups is 8. The Hall–Kier alpha value is -1.27. The molecule has 2 heterocycles. The molecule has 1 amide bonds. The first-order chi connectivity index (χ1) is 26.6. The topological polar surface area (TPSA) is 228 Å². The van der Waals surface area contributed by atoms with Crippen molar-refractivity contribution in [1.82, 2.24) is 5.32 Å². The summed E-state index contributed by atoms with van der Waals surface area (Å²) in [6.45, 7) is 2.73. The van der Waals surface area contributed by atoms with Gasteiger partial charge in [-0.05, 0) is 32.1 Å². The minimum atomic E-state index is -1.78. The van der Waals surface area contributed by atoms with Crippen LogP contribution in [0.3, 0.4) is 0 Å². The van der Waals surface area contributed by atoms with Gasteiger partial charge in [0, 0.05) is 6.42 Å². The number of allylic oxidation sites excluding steroid dienone is 2. The zero-order valence-corrected chi connectivity index (χ0v) is 33.7. The highest BCUT2D eigenvalue weighted by Crippen LogP contribution is 2.30. The van der Waals surface area contributed by atoms with Crippen LogP contribution in [0.2, 0.25) is 0 Å². The quantitative estimate of drug-likeness (QED) is 0.0364. The van der Waals surface area contributed by atoms with Crippen LogP contribution >= 0.6 is 0 Å². The van der Waals surface area contributed by atoms with E-state index in [9.17, 15) is 45.6 Å². The Kier molecular flexibility index (Phi) is 27.1. The first kappa shape index (κ1) is 49.9. The highest BCUT2D eigenvalue weighted by atomic mass is 16.7. The molecule has 14 nitrogen and oxygen atoms in total. The van der Waals surface area contributed by atoms with Crippen LogP contribution in [0, 0.1) is 0 Å². The second-order valence-corrected chi connectivity index (χ2v) is 15.5. The Morgan fingerprint density at radius 1 is 0.636 bits per heavy atom. The molecule has 9 N–H and O–H groups in total. The van der Waals surface area contributed by atoms with Gasteiger partial charge in [-0.3, -0.25) is 4.79 Å². The molecule has 0 spiro atoms. The lowest BCUT2D eigenvalue weighted by Crippen LogP contribution is -2.65. The lowest BCUT2D eigenvalue weighted by Gasteiger charge is -2.46. The summed E-state index contributed by atoms with van der Waals surface area (Å²) in [7, 11) is 0. The van der Waals surface area contributed by atoms with Gasteiger partial charge in [-0.2, -0.15) is 0 Å². The Morgan fingerprint density at radius 3 is 1.80 bits per heavy atom. The van der Waals surface area contributed by atoms with E-state index in [1.807, 2.05) is 0 Å². The third-order valence-corrected chi connectivity index (χ3v) is 10.7. The van der Waals surface area contributed by atoms with Crippen LogP contribution in [-0.4, -0.2) is 140 Å². The van der Waals surface area contributed by atoms with Gasteiger partial charge in [0.2, 0.25) is 5.91 Å². The second kappa shape index (κ2) is 29.9. The average Bonchev–Trinajstić information content (AvgIpc) is 3.18. The molecule has 12 unspecified atom stereocenters. The number of aliphatic hydroxyl groups excluding tert-OH is 8. The number of amides is 1. The van der Waals surface area contributed by atoms with Crippen LogP contribution < -0.4 is 5.32 Å². The standard InChI is InChI=1S/C41H77NO13/c1-3-5-7-9-11-13-15-16-18-20-22-24-30(45)29(42-33(46)25-23-21-19-17-14-12-10-8-6-4-2)28-52-40-38(51)36(49)39(32(27-44)54-40)55-41-37(50)35(48)34(47)31(26-43)53-41/h8,10,29-32,34-41,43-45,47-51H,3-7,9,11-28H2,1-2H3,(H,42,46)/b10-8-. The van der Waals surface area contributed by atoms with Crippen molar-refractivity contribution in [3.63, 3.8) is 0 Å². The summed E-state index contributed by atoms with van der Waals surface area (Å²) in [5.41, 5.74) is 0. The summed E-state index contributed by atoms with van der Waals surface area (Å²) in [6, 6.07) is -0.825. The minimum absolute atomic E-state index is 0.222. The van der Waals surface area contributed by atoms with Gasteiger partial charge in [0.05, 0.1) is 32.0 Å². The number of ether oxygens (including phenoxy) is 4. The van der Waals surface area contributed by atoms with Crippen molar-refractivity contribution in [2.45, 2.75) is 222 Å². The fraction of sp³-hybridized carbons (Fsp3) is 0.927. The van der Waals surface area contributed by atoms with Crippen LogP contribution in [0.15, 0.2) is 12.2 Å². The fourth-order valence-corrected chi connectivity index (χ4v) is 7.12. The maximum atomic E-state index is 13.0. The highest BCUT2D eigenvalue weighted by Gasteiger charge is 2.50. The van der Waals surface area contributed by atoms with Gasteiger partial charge in [-0.15, -0.1) is 0 Å². The van der Waals surface area contributed by atoms with Crippen LogP contribution in [-0.2, 0) is 23.7 Å². The van der Waals surface area contributed by atoms with Crippen molar-refractivity contribution in [2.75, 3.05) is 19.8 Å². The molecule has 324 valence electrons. The maximum absolute atomic E-state index is 13.0. The summed E-state index contributed by atoms with van der Waals surface area (Å²) in [4.78, 5) is 13.0. The third kappa shape index (κ3) is 18.9. The molecule has 2 aliphatic heterocycles. The van der Waals surface area contributed by atoms with Gasteiger partial charge >= 0.3 is 0 Å². The number of carbonyl (C=O) groups is 1. The first-order valence-electron chi connectivity index (χ1n) is 21.4. The summed E-state index contributed by atoms with van der Waals surface area (Å²) < 4.78 is 22.6. The van der Waals surface area contributed by atoms with Gasteiger partial charge in [-0.1, -0.05) is 122 Å². The van der Waals surface area contributed by atoms with Crippen molar-refractivity contribution in [3.05, 3.63) is 12.2 Å². The Morgan fingerprint density at radius 2 is 1.18 bits per heavy atom. The fourth-order valence-electron chi connectivity index (χ4n) is 7.12. The lowest BCUT2D eigenvalue weighted by atomic mass is 9.97. The minimum Gasteiger partial charge on any atom is -0.394 e. The molecule has 0 bridgehead atoms. The number of rotatable bonds is 31. The van der Waals surface area contributed by atoms with E-state index in [0.717, 1.165) is 70.6 Å². The van der Waals surface area contributed by atoms with E-state index in [0.29, 0.717) is 19.3 Å².